The Labute approximate surface area is 179 Å². The van der Waals surface area contributed by atoms with Crippen molar-refractivity contribution in [1.29, 1.82) is 0 Å². The van der Waals surface area contributed by atoms with Crippen molar-refractivity contribution in [3.8, 4) is 5.88 Å². The summed E-state index contributed by atoms with van der Waals surface area (Å²) in [5.41, 5.74) is 0.519. The fraction of sp³-hybridized carbons (Fsp3) is 0.136. The maximum Gasteiger partial charge on any atom is 0.418 e. The molecule has 164 valence electrons. The number of nitrogens with one attached hydrogen (secondary N) is 2. The number of hydrogen-bond acceptors (Lipinski definition) is 5. The van der Waals surface area contributed by atoms with Crippen LogP contribution in [-0.4, -0.2) is 26.3 Å². The van der Waals surface area contributed by atoms with E-state index in [9.17, 15) is 22.7 Å². The number of fused-ring (bicyclic) bond motifs is 1. The highest BCUT2D eigenvalue weighted by Gasteiger charge is 2.34. The van der Waals surface area contributed by atoms with Crippen molar-refractivity contribution >= 4 is 28.5 Å². The zero-order valence-corrected chi connectivity index (χ0v) is 16.7. The number of aromatic amines is 1. The van der Waals surface area contributed by atoms with Gasteiger partial charge in [-0.25, -0.2) is 4.39 Å². The van der Waals surface area contributed by atoms with Crippen LogP contribution in [0.25, 0.3) is 10.9 Å². The number of H-pyrrole nitrogens is 1. The van der Waals surface area contributed by atoms with Crippen molar-refractivity contribution in [2.45, 2.75) is 19.6 Å². The van der Waals surface area contributed by atoms with Gasteiger partial charge >= 0.3 is 6.18 Å². The molecule has 0 aliphatic rings. The van der Waals surface area contributed by atoms with Crippen molar-refractivity contribution < 1.29 is 22.7 Å². The lowest BCUT2D eigenvalue weighted by Crippen LogP contribution is -2.11. The molecule has 2 heterocycles. The van der Waals surface area contributed by atoms with Crippen LogP contribution < -0.4 is 5.32 Å². The molecule has 2 aromatic carbocycles. The van der Waals surface area contributed by atoms with Crippen LogP contribution in [0.2, 0.25) is 0 Å². The van der Waals surface area contributed by atoms with E-state index >= 15 is 0 Å². The van der Waals surface area contributed by atoms with Crippen molar-refractivity contribution in [3.63, 3.8) is 0 Å². The second-order valence-corrected chi connectivity index (χ2v) is 7.04. The summed E-state index contributed by atoms with van der Waals surface area (Å²) in [6.07, 6.45) is -0.493. The van der Waals surface area contributed by atoms with Gasteiger partial charge in [-0.1, -0.05) is 6.07 Å². The van der Waals surface area contributed by atoms with Gasteiger partial charge in [0, 0.05) is 23.5 Å². The zero-order valence-electron chi connectivity index (χ0n) is 16.7. The zero-order chi connectivity index (χ0) is 22.9. The average molecular weight is 443 g/mol. The third-order valence-electron chi connectivity index (χ3n) is 4.74. The maximum atomic E-state index is 14.1. The van der Waals surface area contributed by atoms with Gasteiger partial charge in [-0.15, -0.1) is 0 Å². The van der Waals surface area contributed by atoms with Crippen LogP contribution in [0, 0.1) is 12.7 Å². The fourth-order valence-corrected chi connectivity index (χ4v) is 3.18. The predicted molar refractivity (Wildman–Crippen MR) is 113 cm³/mol. The Morgan fingerprint density at radius 1 is 1.16 bits per heavy atom. The predicted octanol–water partition coefficient (Wildman–Crippen LogP) is 5.49. The molecular formula is C22H17F4N5O. The standard InChI is InChI=1S/C22H17F4N5O/c1-12-8-28-14(9-27-12)10-30-18-6-5-13(7-16(18)22(24,25)26)29-11-15-20-17(23)3-2-4-19(20)31-21(15)32/h2-9,11,30-32H,10H2,1H3. The molecule has 0 unspecified atom stereocenters. The average Bonchev–Trinajstić information content (AvgIpc) is 3.07. The molecule has 0 atom stereocenters. The molecule has 0 saturated carbocycles. The molecule has 0 aliphatic carbocycles. The molecule has 10 heteroatoms. The lowest BCUT2D eigenvalue weighted by Gasteiger charge is -2.15. The van der Waals surface area contributed by atoms with Gasteiger partial charge in [0.15, 0.2) is 5.88 Å². The fourth-order valence-electron chi connectivity index (χ4n) is 3.18. The number of halogens is 4. The minimum atomic E-state index is -4.64. The number of aliphatic imine (C=N–C) groups is 1. The second-order valence-electron chi connectivity index (χ2n) is 7.04. The van der Waals surface area contributed by atoms with Crippen molar-refractivity contribution in [3.05, 3.63) is 77.1 Å². The molecule has 0 amide bonds. The SMILES string of the molecule is Cc1cnc(CNc2ccc(N=Cc3c(O)[nH]c4cccc(F)c34)cc2C(F)(F)F)cn1. The van der Waals surface area contributed by atoms with Crippen molar-refractivity contribution in [2.24, 2.45) is 4.99 Å². The molecule has 0 radical (unpaired) electrons. The molecule has 4 aromatic rings. The van der Waals surface area contributed by atoms with Crippen LogP contribution in [0.3, 0.4) is 0 Å². The molecule has 3 N–H and O–H groups in total. The molecule has 0 fully saturated rings. The number of aromatic nitrogens is 3. The van der Waals surface area contributed by atoms with E-state index in [4.69, 9.17) is 0 Å². The number of aromatic hydroxyl groups is 1. The maximum absolute atomic E-state index is 14.1. The summed E-state index contributed by atoms with van der Waals surface area (Å²) in [7, 11) is 0. The van der Waals surface area contributed by atoms with E-state index in [1.54, 1.807) is 13.0 Å². The Bertz CT molecular complexity index is 1300. The first kappa shape index (κ1) is 21.3. The van der Waals surface area contributed by atoms with E-state index in [0.29, 0.717) is 16.9 Å². The molecule has 6 nitrogen and oxygen atoms in total. The van der Waals surface area contributed by atoms with E-state index < -0.39 is 17.6 Å². The molecule has 0 bridgehead atoms. The molecule has 4 rings (SSSR count). The second kappa shape index (κ2) is 8.29. The number of hydrogen-bond donors (Lipinski definition) is 3. The number of nitrogens with zero attached hydrogens (tertiary/aromatic N) is 3. The van der Waals surface area contributed by atoms with Crippen LogP contribution in [0.15, 0.2) is 53.8 Å². The van der Waals surface area contributed by atoms with Crippen LogP contribution >= 0.6 is 0 Å². The van der Waals surface area contributed by atoms with Gasteiger partial charge in [0.2, 0.25) is 0 Å². The molecular weight excluding hydrogens is 426 g/mol. The molecule has 2 aromatic heterocycles. The normalized spacial score (nSPS) is 12.0. The van der Waals surface area contributed by atoms with Crippen LogP contribution in [0.4, 0.5) is 28.9 Å². The Balaban J connectivity index is 1.63. The van der Waals surface area contributed by atoms with E-state index in [0.717, 1.165) is 12.3 Å². The van der Waals surface area contributed by atoms with Gasteiger partial charge in [0.05, 0.1) is 46.5 Å². The lowest BCUT2D eigenvalue weighted by molar-refractivity contribution is -0.136. The summed E-state index contributed by atoms with van der Waals surface area (Å²) in [5, 5.41) is 12.9. The number of benzene rings is 2. The third kappa shape index (κ3) is 4.39. The Morgan fingerprint density at radius 3 is 2.69 bits per heavy atom. The highest BCUT2D eigenvalue weighted by atomic mass is 19.4. The van der Waals surface area contributed by atoms with Crippen molar-refractivity contribution in [1.82, 2.24) is 15.0 Å². The van der Waals surface area contributed by atoms with Gasteiger partial charge < -0.3 is 15.4 Å². The Kier molecular flexibility index (Phi) is 5.52. The van der Waals surface area contributed by atoms with E-state index in [-0.39, 0.29) is 34.7 Å². The smallest absolute Gasteiger partial charge is 0.418 e. The highest BCUT2D eigenvalue weighted by molar-refractivity contribution is 6.02. The minimum absolute atomic E-state index is 0.0110. The van der Waals surface area contributed by atoms with Gasteiger partial charge in [0.25, 0.3) is 0 Å². The van der Waals surface area contributed by atoms with Crippen LogP contribution in [-0.2, 0) is 12.7 Å². The van der Waals surface area contributed by atoms with Gasteiger partial charge in [0.1, 0.15) is 5.82 Å². The van der Waals surface area contributed by atoms with Gasteiger partial charge in [-0.2, -0.15) is 13.2 Å². The lowest BCUT2D eigenvalue weighted by atomic mass is 10.1. The molecule has 32 heavy (non-hydrogen) atoms. The Hall–Kier alpha value is -3.95. The van der Waals surface area contributed by atoms with Gasteiger partial charge in [-0.05, 0) is 37.3 Å². The first-order valence-electron chi connectivity index (χ1n) is 9.48. The topological polar surface area (TPSA) is 86.2 Å². The summed E-state index contributed by atoms with van der Waals surface area (Å²) in [6, 6.07) is 7.77. The monoisotopic (exact) mass is 443 g/mol. The number of rotatable bonds is 5. The first-order chi connectivity index (χ1) is 15.2. The molecule has 0 saturated heterocycles. The Morgan fingerprint density at radius 2 is 1.97 bits per heavy atom. The summed E-state index contributed by atoms with van der Waals surface area (Å²) < 4.78 is 55.0. The van der Waals surface area contributed by atoms with Crippen molar-refractivity contribution in [2.75, 3.05) is 5.32 Å². The first-order valence-corrected chi connectivity index (χ1v) is 9.48. The number of anilines is 1. The summed E-state index contributed by atoms with van der Waals surface area (Å²) >= 11 is 0. The number of alkyl halides is 3. The quantitative estimate of drug-likeness (QED) is 0.281. The van der Waals surface area contributed by atoms with E-state index in [2.05, 4.69) is 25.3 Å². The summed E-state index contributed by atoms with van der Waals surface area (Å²) in [4.78, 5) is 14.8. The van der Waals surface area contributed by atoms with E-state index in [1.165, 1.54) is 36.7 Å². The minimum Gasteiger partial charge on any atom is -0.494 e. The summed E-state index contributed by atoms with van der Waals surface area (Å²) in [5.74, 6) is -0.919. The van der Waals surface area contributed by atoms with Crippen LogP contribution in [0.5, 0.6) is 5.88 Å². The van der Waals surface area contributed by atoms with E-state index in [1.807, 2.05) is 0 Å². The third-order valence-corrected chi connectivity index (χ3v) is 4.74. The highest BCUT2D eigenvalue weighted by Crippen LogP contribution is 2.37. The van der Waals surface area contributed by atoms with Gasteiger partial charge in [-0.3, -0.25) is 15.0 Å². The van der Waals surface area contributed by atoms with Crippen LogP contribution in [0.1, 0.15) is 22.5 Å². The molecule has 0 aliphatic heterocycles. The summed E-state index contributed by atoms with van der Waals surface area (Å²) in [6.45, 7) is 1.82. The molecule has 0 spiro atoms. The largest absolute Gasteiger partial charge is 0.494 e. The number of aryl methyl sites for hydroxylation is 1.